The number of carbonyl (C=O) groups excluding carboxylic acids is 1. The van der Waals surface area contributed by atoms with Crippen LogP contribution >= 0.6 is 0 Å². The van der Waals surface area contributed by atoms with Gasteiger partial charge < -0.3 is 9.84 Å². The van der Waals surface area contributed by atoms with Crippen molar-refractivity contribution in [3.8, 4) is 11.3 Å². The lowest BCUT2D eigenvalue weighted by atomic mass is 9.90. The van der Waals surface area contributed by atoms with Gasteiger partial charge in [0.25, 0.3) is 0 Å². The maximum atomic E-state index is 13.1. The van der Waals surface area contributed by atoms with E-state index in [2.05, 4.69) is 10.5 Å². The molecule has 144 valence electrons. The Kier molecular flexibility index (Phi) is 5.47. The number of carbonyl (C=O) groups is 1. The van der Waals surface area contributed by atoms with Crippen LogP contribution in [0.15, 0.2) is 95.5 Å². The van der Waals surface area contributed by atoms with Crippen molar-refractivity contribution < 1.29 is 13.7 Å². The number of rotatable bonds is 6. The monoisotopic (exact) mass is 386 g/mol. The van der Waals surface area contributed by atoms with Crippen molar-refractivity contribution in [1.29, 1.82) is 0 Å². The average Bonchev–Trinajstić information content (AvgIpc) is 3.24. The van der Waals surface area contributed by atoms with E-state index in [0.29, 0.717) is 11.5 Å². The van der Waals surface area contributed by atoms with Gasteiger partial charge in [-0.2, -0.15) is 0 Å². The van der Waals surface area contributed by atoms with Gasteiger partial charge in [0.05, 0.1) is 12.5 Å². The molecule has 3 aromatic carbocycles. The van der Waals surface area contributed by atoms with Crippen LogP contribution < -0.4 is 5.32 Å². The molecule has 5 heteroatoms. The molecule has 0 aliphatic heterocycles. The second kappa shape index (κ2) is 8.52. The number of halogens is 1. The molecule has 4 aromatic rings. The topological polar surface area (TPSA) is 55.1 Å². The zero-order chi connectivity index (χ0) is 20.1. The number of nitrogens with one attached hydrogen (secondary N) is 1. The van der Waals surface area contributed by atoms with E-state index in [4.69, 9.17) is 4.52 Å². The number of nitrogens with zero attached hydrogens (tertiary/aromatic N) is 1. The maximum absolute atomic E-state index is 13.1. The SMILES string of the molecule is O=C(NCc1cc(-c2ccc(F)cc2)on1)C(c1ccccc1)c1ccccc1. The van der Waals surface area contributed by atoms with Gasteiger partial charge in [0.2, 0.25) is 5.91 Å². The van der Waals surface area contributed by atoms with Gasteiger partial charge in [-0.05, 0) is 35.4 Å². The molecule has 0 unspecified atom stereocenters. The summed E-state index contributed by atoms with van der Waals surface area (Å²) in [6.07, 6.45) is 0. The second-order valence-corrected chi connectivity index (χ2v) is 6.66. The van der Waals surface area contributed by atoms with Crippen LogP contribution in [0.1, 0.15) is 22.7 Å². The van der Waals surface area contributed by atoms with Gasteiger partial charge in [-0.25, -0.2) is 4.39 Å². The fourth-order valence-electron chi connectivity index (χ4n) is 3.21. The van der Waals surface area contributed by atoms with Crippen molar-refractivity contribution in [1.82, 2.24) is 10.5 Å². The molecule has 1 aromatic heterocycles. The number of benzene rings is 3. The van der Waals surface area contributed by atoms with Crippen molar-refractivity contribution in [3.63, 3.8) is 0 Å². The van der Waals surface area contributed by atoms with E-state index in [9.17, 15) is 9.18 Å². The molecular formula is C24H19FN2O2. The lowest BCUT2D eigenvalue weighted by Gasteiger charge is -2.17. The van der Waals surface area contributed by atoms with E-state index in [1.807, 2.05) is 60.7 Å². The first kappa shape index (κ1) is 18.6. The molecule has 4 nitrogen and oxygen atoms in total. The predicted molar refractivity (Wildman–Crippen MR) is 108 cm³/mol. The maximum Gasteiger partial charge on any atom is 0.232 e. The second-order valence-electron chi connectivity index (χ2n) is 6.66. The highest BCUT2D eigenvalue weighted by Crippen LogP contribution is 2.25. The third kappa shape index (κ3) is 4.41. The quantitative estimate of drug-likeness (QED) is 0.511. The van der Waals surface area contributed by atoms with Crippen LogP contribution in [-0.2, 0) is 11.3 Å². The number of hydrogen-bond donors (Lipinski definition) is 1. The summed E-state index contributed by atoms with van der Waals surface area (Å²) >= 11 is 0. The number of amides is 1. The van der Waals surface area contributed by atoms with E-state index in [-0.39, 0.29) is 18.3 Å². The Balaban J connectivity index is 1.49. The van der Waals surface area contributed by atoms with Gasteiger partial charge in [0.1, 0.15) is 11.5 Å². The summed E-state index contributed by atoms with van der Waals surface area (Å²) in [5, 5.41) is 6.96. The van der Waals surface area contributed by atoms with Crippen molar-refractivity contribution in [3.05, 3.63) is 114 Å². The van der Waals surface area contributed by atoms with Gasteiger partial charge >= 0.3 is 0 Å². The largest absolute Gasteiger partial charge is 0.356 e. The third-order valence-corrected chi connectivity index (χ3v) is 4.66. The van der Waals surface area contributed by atoms with Gasteiger partial charge in [-0.3, -0.25) is 4.79 Å². The van der Waals surface area contributed by atoms with Crippen LogP contribution in [0.5, 0.6) is 0 Å². The first-order valence-corrected chi connectivity index (χ1v) is 9.30. The van der Waals surface area contributed by atoms with E-state index in [1.54, 1.807) is 18.2 Å². The molecule has 0 radical (unpaired) electrons. The Labute approximate surface area is 168 Å². The summed E-state index contributed by atoms with van der Waals surface area (Å²) in [7, 11) is 0. The standard InChI is InChI=1S/C24H19FN2O2/c25-20-13-11-17(12-14-20)22-15-21(27-29-22)16-26-24(28)23(18-7-3-1-4-8-18)19-9-5-2-6-10-19/h1-15,23H,16H2,(H,26,28). The summed E-state index contributed by atoms with van der Waals surface area (Å²) in [5.74, 6) is -0.319. The van der Waals surface area contributed by atoms with Crippen molar-refractivity contribution >= 4 is 5.91 Å². The Morgan fingerprint density at radius 1 is 0.897 bits per heavy atom. The summed E-state index contributed by atoms with van der Waals surface area (Å²) in [6.45, 7) is 0.236. The highest BCUT2D eigenvalue weighted by atomic mass is 19.1. The van der Waals surface area contributed by atoms with Crippen LogP contribution in [0.25, 0.3) is 11.3 Å². The van der Waals surface area contributed by atoms with Crippen LogP contribution in [-0.4, -0.2) is 11.1 Å². The molecule has 0 aliphatic rings. The summed E-state index contributed by atoms with van der Waals surface area (Å²) in [4.78, 5) is 13.0. The molecule has 0 aliphatic carbocycles. The minimum Gasteiger partial charge on any atom is -0.356 e. The zero-order valence-corrected chi connectivity index (χ0v) is 15.6. The predicted octanol–water partition coefficient (Wildman–Crippen LogP) is 4.93. The Morgan fingerprint density at radius 2 is 1.48 bits per heavy atom. The molecule has 1 N–H and O–H groups in total. The molecular weight excluding hydrogens is 367 g/mol. The highest BCUT2D eigenvalue weighted by Gasteiger charge is 2.22. The minimum absolute atomic E-state index is 0.117. The molecule has 1 heterocycles. The van der Waals surface area contributed by atoms with Crippen molar-refractivity contribution in [2.24, 2.45) is 0 Å². The fourth-order valence-corrected chi connectivity index (χ4v) is 3.21. The first-order valence-electron chi connectivity index (χ1n) is 9.30. The van der Waals surface area contributed by atoms with Gasteiger partial charge in [0, 0.05) is 11.6 Å². The molecule has 0 saturated carbocycles. The Morgan fingerprint density at radius 3 is 2.07 bits per heavy atom. The van der Waals surface area contributed by atoms with Crippen LogP contribution in [0.3, 0.4) is 0 Å². The summed E-state index contributed by atoms with van der Waals surface area (Å²) < 4.78 is 18.4. The van der Waals surface area contributed by atoms with Gasteiger partial charge in [-0.1, -0.05) is 65.8 Å². The Hall–Kier alpha value is -3.73. The summed E-state index contributed by atoms with van der Waals surface area (Å²) in [5.41, 5.74) is 3.16. The van der Waals surface area contributed by atoms with Gasteiger partial charge in [-0.15, -0.1) is 0 Å². The van der Waals surface area contributed by atoms with E-state index in [1.165, 1.54) is 12.1 Å². The smallest absolute Gasteiger partial charge is 0.232 e. The lowest BCUT2D eigenvalue weighted by molar-refractivity contribution is -0.121. The first-order chi connectivity index (χ1) is 14.2. The molecule has 4 rings (SSSR count). The molecule has 0 saturated heterocycles. The zero-order valence-electron chi connectivity index (χ0n) is 15.6. The molecule has 29 heavy (non-hydrogen) atoms. The fraction of sp³-hybridized carbons (Fsp3) is 0.0833. The van der Waals surface area contributed by atoms with Crippen molar-refractivity contribution in [2.75, 3.05) is 0 Å². The van der Waals surface area contributed by atoms with Crippen LogP contribution in [0, 0.1) is 5.82 Å². The van der Waals surface area contributed by atoms with Crippen LogP contribution in [0.4, 0.5) is 4.39 Å². The highest BCUT2D eigenvalue weighted by molar-refractivity contribution is 5.87. The van der Waals surface area contributed by atoms with E-state index in [0.717, 1.165) is 16.7 Å². The normalized spacial score (nSPS) is 10.8. The molecule has 0 atom stereocenters. The lowest BCUT2D eigenvalue weighted by Crippen LogP contribution is -2.29. The van der Waals surface area contributed by atoms with Crippen LogP contribution in [0.2, 0.25) is 0 Å². The molecule has 1 amide bonds. The number of hydrogen-bond acceptors (Lipinski definition) is 3. The minimum atomic E-state index is -0.416. The summed E-state index contributed by atoms with van der Waals surface area (Å²) in [6, 6.07) is 27.0. The average molecular weight is 386 g/mol. The number of aromatic nitrogens is 1. The van der Waals surface area contributed by atoms with Crippen molar-refractivity contribution in [2.45, 2.75) is 12.5 Å². The molecule has 0 fully saturated rings. The molecule has 0 bridgehead atoms. The Bertz CT molecular complexity index is 1040. The van der Waals surface area contributed by atoms with Gasteiger partial charge in [0.15, 0.2) is 5.76 Å². The van der Waals surface area contributed by atoms with E-state index < -0.39 is 5.92 Å². The molecule has 0 spiro atoms. The third-order valence-electron chi connectivity index (χ3n) is 4.66. The van der Waals surface area contributed by atoms with E-state index >= 15 is 0 Å².